The van der Waals surface area contributed by atoms with Crippen LogP contribution >= 0.6 is 0 Å². The molecule has 6 heteroatoms. The van der Waals surface area contributed by atoms with Crippen molar-refractivity contribution in [2.24, 2.45) is 0 Å². The minimum absolute atomic E-state index is 0.0946. The van der Waals surface area contributed by atoms with E-state index in [1.54, 1.807) is 24.3 Å². The molecule has 3 nitrogen and oxygen atoms in total. The molecule has 2 rings (SSSR count). The lowest BCUT2D eigenvalue weighted by atomic mass is 10.1. The number of ether oxygens (including phenoxy) is 1. The third-order valence-electron chi connectivity index (χ3n) is 2.68. The molecule has 0 spiro atoms. The van der Waals surface area contributed by atoms with Crippen molar-refractivity contribution in [2.75, 3.05) is 0 Å². The van der Waals surface area contributed by atoms with Crippen LogP contribution in [0.25, 0.3) is 17.2 Å². The third-order valence-corrected chi connectivity index (χ3v) is 2.68. The lowest BCUT2D eigenvalue weighted by molar-refractivity contribution is -0.274. The number of carbonyl (C=O) groups excluding carboxylic acids is 1. The van der Waals surface area contributed by atoms with Gasteiger partial charge in [0.05, 0.1) is 5.69 Å². The summed E-state index contributed by atoms with van der Waals surface area (Å²) in [5.74, 6) is -0.381. The van der Waals surface area contributed by atoms with Gasteiger partial charge in [-0.15, -0.1) is 13.2 Å². The summed E-state index contributed by atoms with van der Waals surface area (Å²) in [4.78, 5) is 15.0. The van der Waals surface area contributed by atoms with E-state index in [-0.39, 0.29) is 11.5 Å². The first-order valence-corrected chi connectivity index (χ1v) is 6.34. The minimum Gasteiger partial charge on any atom is -0.406 e. The summed E-state index contributed by atoms with van der Waals surface area (Å²) in [5.41, 5.74) is 1.78. The van der Waals surface area contributed by atoms with Gasteiger partial charge in [-0.2, -0.15) is 0 Å². The van der Waals surface area contributed by atoms with Gasteiger partial charge in [0, 0.05) is 11.8 Å². The van der Waals surface area contributed by atoms with Gasteiger partial charge in [-0.25, -0.2) is 0 Å². The van der Waals surface area contributed by atoms with E-state index >= 15 is 0 Å². The second kappa shape index (κ2) is 6.43. The fourth-order valence-electron chi connectivity index (χ4n) is 1.75. The molecule has 0 unspecified atom stereocenters. The van der Waals surface area contributed by atoms with Gasteiger partial charge >= 0.3 is 6.36 Å². The highest BCUT2D eigenvalue weighted by atomic mass is 19.4. The van der Waals surface area contributed by atoms with E-state index in [2.05, 4.69) is 9.72 Å². The molecule has 1 heterocycles. The Morgan fingerprint density at radius 1 is 1.18 bits per heavy atom. The largest absolute Gasteiger partial charge is 0.573 e. The summed E-state index contributed by atoms with van der Waals surface area (Å²) in [7, 11) is 0. The Bertz CT molecular complexity index is 691. The van der Waals surface area contributed by atoms with Gasteiger partial charge in [0.25, 0.3) is 0 Å². The predicted octanol–water partition coefficient (Wildman–Crippen LogP) is 4.25. The molecule has 2 aromatic rings. The standard InChI is InChI=1S/C16H12F3NO2/c1-11(21)5-7-14-8-6-13(10-20-14)12-3-2-4-15(9-12)22-16(17,18)19/h2-10H,1H3/b7-5+. The zero-order chi connectivity index (χ0) is 16.2. The fraction of sp³-hybridized carbons (Fsp3) is 0.125. The molecule has 0 aliphatic rings. The predicted molar refractivity (Wildman–Crippen MR) is 76.1 cm³/mol. The first kappa shape index (κ1) is 15.8. The molecule has 1 aromatic heterocycles. The number of rotatable bonds is 4. The Hall–Kier alpha value is -2.63. The normalized spacial score (nSPS) is 11.6. The Morgan fingerprint density at radius 2 is 1.95 bits per heavy atom. The fourth-order valence-corrected chi connectivity index (χ4v) is 1.75. The Balaban J connectivity index is 2.21. The topological polar surface area (TPSA) is 39.2 Å². The number of hydrogen-bond donors (Lipinski definition) is 0. The van der Waals surface area contributed by atoms with Crippen LogP contribution in [0, 0.1) is 0 Å². The Labute approximate surface area is 125 Å². The van der Waals surface area contributed by atoms with Gasteiger partial charge in [-0.05, 0) is 42.8 Å². The second-order valence-electron chi connectivity index (χ2n) is 4.49. The number of ketones is 1. The monoisotopic (exact) mass is 307 g/mol. The molecule has 0 radical (unpaired) electrons. The van der Waals surface area contributed by atoms with Crippen molar-refractivity contribution in [1.29, 1.82) is 0 Å². The summed E-state index contributed by atoms with van der Waals surface area (Å²) >= 11 is 0. The number of allylic oxidation sites excluding steroid dienone is 1. The maximum absolute atomic E-state index is 12.2. The van der Waals surface area contributed by atoms with Crippen molar-refractivity contribution in [1.82, 2.24) is 4.98 Å². The number of pyridine rings is 1. The van der Waals surface area contributed by atoms with Gasteiger partial charge in [-0.1, -0.05) is 18.2 Å². The van der Waals surface area contributed by atoms with Crippen LogP contribution in [0.4, 0.5) is 13.2 Å². The lowest BCUT2D eigenvalue weighted by Crippen LogP contribution is -2.17. The van der Waals surface area contributed by atoms with E-state index in [9.17, 15) is 18.0 Å². The van der Waals surface area contributed by atoms with Crippen molar-refractivity contribution in [2.45, 2.75) is 13.3 Å². The van der Waals surface area contributed by atoms with Crippen molar-refractivity contribution >= 4 is 11.9 Å². The summed E-state index contributed by atoms with van der Waals surface area (Å²) in [5, 5.41) is 0. The van der Waals surface area contributed by atoms with Crippen molar-refractivity contribution in [3.05, 3.63) is 54.4 Å². The van der Waals surface area contributed by atoms with Gasteiger partial charge in [-0.3, -0.25) is 9.78 Å². The molecule has 0 fully saturated rings. The number of hydrogen-bond acceptors (Lipinski definition) is 3. The second-order valence-corrected chi connectivity index (χ2v) is 4.49. The summed E-state index contributed by atoms with van der Waals surface area (Å²) in [6.45, 7) is 1.43. The van der Waals surface area contributed by atoms with Crippen LogP contribution in [-0.4, -0.2) is 17.1 Å². The van der Waals surface area contributed by atoms with Crippen LogP contribution in [0.1, 0.15) is 12.6 Å². The number of carbonyl (C=O) groups is 1. The number of halogens is 3. The molecule has 0 aliphatic heterocycles. The SMILES string of the molecule is CC(=O)/C=C/c1ccc(-c2cccc(OC(F)(F)F)c2)cn1. The highest BCUT2D eigenvalue weighted by Gasteiger charge is 2.31. The van der Waals surface area contributed by atoms with Crippen LogP contribution in [-0.2, 0) is 4.79 Å². The molecule has 0 bridgehead atoms. The lowest BCUT2D eigenvalue weighted by Gasteiger charge is -2.10. The van der Waals surface area contributed by atoms with Crippen molar-refractivity contribution in [3.63, 3.8) is 0 Å². The van der Waals surface area contributed by atoms with Gasteiger partial charge in [0.1, 0.15) is 5.75 Å². The molecule has 0 amide bonds. The van der Waals surface area contributed by atoms with Crippen molar-refractivity contribution < 1.29 is 22.7 Å². The molecular formula is C16H12F3NO2. The van der Waals surface area contributed by atoms with E-state index in [1.807, 2.05) is 0 Å². The zero-order valence-electron chi connectivity index (χ0n) is 11.6. The van der Waals surface area contributed by atoms with Crippen LogP contribution in [0.2, 0.25) is 0 Å². The third kappa shape index (κ3) is 4.73. The summed E-state index contributed by atoms with van der Waals surface area (Å²) in [6.07, 6.45) is -0.250. The molecule has 1 aromatic carbocycles. The minimum atomic E-state index is -4.72. The van der Waals surface area contributed by atoms with Gasteiger partial charge in [0.2, 0.25) is 0 Å². The van der Waals surface area contributed by atoms with Crippen LogP contribution < -0.4 is 4.74 Å². The van der Waals surface area contributed by atoms with Crippen LogP contribution in [0.3, 0.4) is 0 Å². The van der Waals surface area contributed by atoms with Gasteiger partial charge in [0.15, 0.2) is 5.78 Å². The molecule has 0 atom stereocenters. The van der Waals surface area contributed by atoms with E-state index in [0.717, 1.165) is 0 Å². The molecule has 0 saturated heterocycles. The van der Waals surface area contributed by atoms with E-state index < -0.39 is 6.36 Å². The molecule has 0 saturated carbocycles. The molecule has 0 N–H and O–H groups in total. The summed E-state index contributed by atoms with van der Waals surface area (Å²) in [6, 6.07) is 9.03. The first-order chi connectivity index (χ1) is 10.3. The maximum atomic E-state index is 12.2. The first-order valence-electron chi connectivity index (χ1n) is 6.34. The number of aromatic nitrogens is 1. The Morgan fingerprint density at radius 3 is 2.55 bits per heavy atom. The number of alkyl halides is 3. The van der Waals surface area contributed by atoms with E-state index in [1.165, 1.54) is 37.4 Å². The average Bonchev–Trinajstić information content (AvgIpc) is 2.44. The maximum Gasteiger partial charge on any atom is 0.573 e. The quantitative estimate of drug-likeness (QED) is 0.793. The van der Waals surface area contributed by atoms with E-state index in [4.69, 9.17) is 0 Å². The van der Waals surface area contributed by atoms with Crippen LogP contribution in [0.5, 0.6) is 5.75 Å². The molecule has 114 valence electrons. The number of benzene rings is 1. The molecule has 22 heavy (non-hydrogen) atoms. The van der Waals surface area contributed by atoms with Crippen LogP contribution in [0.15, 0.2) is 48.7 Å². The average molecular weight is 307 g/mol. The number of nitrogens with zero attached hydrogens (tertiary/aromatic N) is 1. The van der Waals surface area contributed by atoms with Crippen molar-refractivity contribution in [3.8, 4) is 16.9 Å². The highest BCUT2D eigenvalue weighted by molar-refractivity contribution is 5.91. The van der Waals surface area contributed by atoms with E-state index in [0.29, 0.717) is 16.8 Å². The van der Waals surface area contributed by atoms with Gasteiger partial charge < -0.3 is 4.74 Å². The Kier molecular flexibility index (Phi) is 4.60. The molecular weight excluding hydrogens is 295 g/mol. The zero-order valence-corrected chi connectivity index (χ0v) is 11.6. The smallest absolute Gasteiger partial charge is 0.406 e. The molecule has 0 aliphatic carbocycles. The highest BCUT2D eigenvalue weighted by Crippen LogP contribution is 2.27. The summed E-state index contributed by atoms with van der Waals surface area (Å²) < 4.78 is 40.5.